The standard InChI is InChI=1S/C9H7ClS/c10-9-6-5-7-3-1-2-4-8(7)11-9/h1-4,6H,5H2. The Labute approximate surface area is 75.3 Å². The zero-order valence-electron chi connectivity index (χ0n) is 5.88. The van der Waals surface area contributed by atoms with E-state index in [1.807, 2.05) is 6.07 Å². The molecule has 1 aromatic carbocycles. The Morgan fingerprint density at radius 2 is 2.09 bits per heavy atom. The summed E-state index contributed by atoms with van der Waals surface area (Å²) in [5, 5.41) is 0. The van der Waals surface area contributed by atoms with Crippen molar-refractivity contribution in [3.63, 3.8) is 0 Å². The fourth-order valence-corrected chi connectivity index (χ4v) is 2.24. The van der Waals surface area contributed by atoms with Gasteiger partial charge in [-0.3, -0.25) is 0 Å². The van der Waals surface area contributed by atoms with Crippen LogP contribution in [0.4, 0.5) is 0 Å². The van der Waals surface area contributed by atoms with E-state index in [9.17, 15) is 0 Å². The zero-order valence-corrected chi connectivity index (χ0v) is 7.45. The van der Waals surface area contributed by atoms with Crippen molar-refractivity contribution in [3.8, 4) is 0 Å². The summed E-state index contributed by atoms with van der Waals surface area (Å²) in [5.41, 5.74) is 1.38. The van der Waals surface area contributed by atoms with Gasteiger partial charge in [-0.2, -0.15) is 0 Å². The first-order valence-electron chi connectivity index (χ1n) is 3.48. The maximum Gasteiger partial charge on any atom is 0.0746 e. The Balaban J connectivity index is 2.42. The fraction of sp³-hybridized carbons (Fsp3) is 0.111. The van der Waals surface area contributed by atoms with E-state index in [0.29, 0.717) is 0 Å². The molecule has 1 aliphatic rings. The first kappa shape index (κ1) is 7.26. The van der Waals surface area contributed by atoms with E-state index in [1.54, 1.807) is 11.8 Å². The van der Waals surface area contributed by atoms with Crippen LogP contribution in [0.2, 0.25) is 0 Å². The predicted molar refractivity (Wildman–Crippen MR) is 49.9 cm³/mol. The second kappa shape index (κ2) is 2.92. The summed E-state index contributed by atoms with van der Waals surface area (Å²) in [6.07, 6.45) is 3.02. The van der Waals surface area contributed by atoms with E-state index in [0.717, 1.165) is 10.8 Å². The van der Waals surface area contributed by atoms with E-state index in [4.69, 9.17) is 11.6 Å². The smallest absolute Gasteiger partial charge is 0.0746 e. The van der Waals surface area contributed by atoms with Gasteiger partial charge in [-0.15, -0.1) is 0 Å². The van der Waals surface area contributed by atoms with Gasteiger partial charge in [-0.05, 0) is 18.1 Å². The Bertz CT molecular complexity index is 304. The van der Waals surface area contributed by atoms with Crippen LogP contribution in [0.25, 0.3) is 0 Å². The van der Waals surface area contributed by atoms with E-state index in [-0.39, 0.29) is 0 Å². The Hall–Kier alpha value is -0.400. The van der Waals surface area contributed by atoms with Gasteiger partial charge in [-0.1, -0.05) is 47.6 Å². The average Bonchev–Trinajstić information content (AvgIpc) is 2.04. The molecule has 0 aliphatic carbocycles. The highest BCUT2D eigenvalue weighted by molar-refractivity contribution is 8.04. The molecule has 0 bridgehead atoms. The predicted octanol–water partition coefficient (Wildman–Crippen LogP) is 3.42. The maximum atomic E-state index is 5.87. The van der Waals surface area contributed by atoms with E-state index in [2.05, 4.69) is 24.3 Å². The maximum absolute atomic E-state index is 5.87. The molecule has 1 aliphatic heterocycles. The minimum atomic E-state index is 0.892. The number of allylic oxidation sites excluding steroid dienone is 1. The molecule has 0 amide bonds. The van der Waals surface area contributed by atoms with E-state index >= 15 is 0 Å². The van der Waals surface area contributed by atoms with Crippen LogP contribution < -0.4 is 0 Å². The molecule has 2 rings (SSSR count). The van der Waals surface area contributed by atoms with Crippen LogP contribution >= 0.6 is 23.4 Å². The third-order valence-electron chi connectivity index (χ3n) is 1.66. The number of halogens is 1. The molecule has 1 aromatic rings. The number of hydrogen-bond acceptors (Lipinski definition) is 1. The number of fused-ring (bicyclic) bond motifs is 1. The highest BCUT2D eigenvalue weighted by Crippen LogP contribution is 2.36. The first-order chi connectivity index (χ1) is 5.36. The number of benzene rings is 1. The second-order valence-electron chi connectivity index (χ2n) is 2.42. The monoisotopic (exact) mass is 182 g/mol. The van der Waals surface area contributed by atoms with Gasteiger partial charge >= 0.3 is 0 Å². The Morgan fingerprint density at radius 1 is 1.27 bits per heavy atom. The van der Waals surface area contributed by atoms with Crippen LogP contribution in [-0.2, 0) is 6.42 Å². The molecule has 0 atom stereocenters. The van der Waals surface area contributed by atoms with Gasteiger partial charge in [0.25, 0.3) is 0 Å². The summed E-state index contributed by atoms with van der Waals surface area (Å²) in [6.45, 7) is 0. The van der Waals surface area contributed by atoms with Crippen molar-refractivity contribution in [1.29, 1.82) is 0 Å². The van der Waals surface area contributed by atoms with Gasteiger partial charge in [-0.25, -0.2) is 0 Å². The molecule has 0 saturated heterocycles. The lowest BCUT2D eigenvalue weighted by Crippen LogP contribution is -1.89. The summed E-state index contributed by atoms with van der Waals surface area (Å²) in [7, 11) is 0. The lowest BCUT2D eigenvalue weighted by Gasteiger charge is -2.10. The van der Waals surface area contributed by atoms with Crippen LogP contribution in [0, 0.1) is 0 Å². The third-order valence-corrected chi connectivity index (χ3v) is 3.03. The molecule has 11 heavy (non-hydrogen) atoms. The van der Waals surface area contributed by atoms with E-state index in [1.165, 1.54) is 10.5 Å². The van der Waals surface area contributed by atoms with Gasteiger partial charge in [0.15, 0.2) is 0 Å². The van der Waals surface area contributed by atoms with Crippen molar-refractivity contribution in [2.75, 3.05) is 0 Å². The Morgan fingerprint density at radius 3 is 3.00 bits per heavy atom. The third kappa shape index (κ3) is 1.44. The summed E-state index contributed by atoms with van der Waals surface area (Å²) in [5.74, 6) is 0. The molecule has 2 heteroatoms. The molecule has 0 unspecified atom stereocenters. The summed E-state index contributed by atoms with van der Waals surface area (Å²) in [6, 6.07) is 8.35. The van der Waals surface area contributed by atoms with Crippen LogP contribution in [0.15, 0.2) is 39.6 Å². The fourth-order valence-electron chi connectivity index (χ4n) is 1.11. The van der Waals surface area contributed by atoms with Crippen LogP contribution in [0.5, 0.6) is 0 Å². The van der Waals surface area contributed by atoms with Crippen molar-refractivity contribution in [1.82, 2.24) is 0 Å². The number of rotatable bonds is 0. The molecule has 0 N–H and O–H groups in total. The molecule has 0 fully saturated rings. The molecular formula is C9H7ClS. The van der Waals surface area contributed by atoms with Crippen molar-refractivity contribution in [2.45, 2.75) is 11.3 Å². The highest BCUT2D eigenvalue weighted by atomic mass is 35.5. The van der Waals surface area contributed by atoms with Gasteiger partial charge < -0.3 is 0 Å². The van der Waals surface area contributed by atoms with Gasteiger partial charge in [0.2, 0.25) is 0 Å². The van der Waals surface area contributed by atoms with Crippen molar-refractivity contribution in [3.05, 3.63) is 40.3 Å². The van der Waals surface area contributed by atoms with Gasteiger partial charge in [0, 0.05) is 4.90 Å². The van der Waals surface area contributed by atoms with Crippen LogP contribution in [-0.4, -0.2) is 0 Å². The van der Waals surface area contributed by atoms with Crippen molar-refractivity contribution < 1.29 is 0 Å². The summed E-state index contributed by atoms with van der Waals surface area (Å²) in [4.78, 5) is 1.29. The van der Waals surface area contributed by atoms with E-state index < -0.39 is 0 Å². The van der Waals surface area contributed by atoms with Crippen molar-refractivity contribution >= 4 is 23.4 Å². The quantitative estimate of drug-likeness (QED) is 0.593. The Kier molecular flexibility index (Phi) is 1.93. The number of hydrogen-bond donors (Lipinski definition) is 0. The molecular weight excluding hydrogens is 176 g/mol. The summed E-state index contributed by atoms with van der Waals surface area (Å²) < 4.78 is 0.892. The lowest BCUT2D eigenvalue weighted by molar-refractivity contribution is 1.17. The largest absolute Gasteiger partial charge is 0.0777 e. The zero-order chi connectivity index (χ0) is 7.68. The first-order valence-corrected chi connectivity index (χ1v) is 4.67. The SMILES string of the molecule is ClC1=CCc2ccccc2S1. The summed E-state index contributed by atoms with van der Waals surface area (Å²) >= 11 is 7.51. The average molecular weight is 183 g/mol. The highest BCUT2D eigenvalue weighted by Gasteiger charge is 2.08. The minimum Gasteiger partial charge on any atom is -0.0777 e. The van der Waals surface area contributed by atoms with Gasteiger partial charge in [0.1, 0.15) is 0 Å². The molecule has 1 heterocycles. The molecule has 0 spiro atoms. The topological polar surface area (TPSA) is 0 Å². The van der Waals surface area contributed by atoms with Gasteiger partial charge in [0.05, 0.1) is 4.36 Å². The minimum absolute atomic E-state index is 0.892. The molecule has 56 valence electrons. The second-order valence-corrected chi connectivity index (χ2v) is 4.14. The molecule has 0 saturated carbocycles. The van der Waals surface area contributed by atoms with Crippen molar-refractivity contribution in [2.24, 2.45) is 0 Å². The lowest BCUT2D eigenvalue weighted by atomic mass is 10.1. The van der Waals surface area contributed by atoms with Crippen LogP contribution in [0.1, 0.15) is 5.56 Å². The van der Waals surface area contributed by atoms with Crippen LogP contribution in [0.3, 0.4) is 0 Å². The number of thioether (sulfide) groups is 1. The molecule has 0 radical (unpaired) electrons. The molecule has 0 nitrogen and oxygen atoms in total. The normalized spacial score (nSPS) is 15.5. The molecule has 0 aromatic heterocycles.